The Hall–Kier alpha value is -4.25. The zero-order chi connectivity index (χ0) is 30.2. The number of para-hydroxylation sites is 1. The number of aromatic hydroxyl groups is 1. The van der Waals surface area contributed by atoms with E-state index in [2.05, 4.69) is 51.2 Å². The van der Waals surface area contributed by atoms with Crippen LogP contribution in [0.2, 0.25) is 0 Å². The first-order chi connectivity index (χ1) is 20.2. The molecule has 4 aromatic rings. The third-order valence-electron chi connectivity index (χ3n) is 7.37. The number of hydrogen-bond donors (Lipinski definition) is 2. The average molecular weight is 566 g/mol. The Morgan fingerprint density at radius 2 is 1.48 bits per heavy atom. The highest BCUT2D eigenvalue weighted by Gasteiger charge is 2.21. The van der Waals surface area contributed by atoms with Crippen molar-refractivity contribution in [3.8, 4) is 22.6 Å². The summed E-state index contributed by atoms with van der Waals surface area (Å²) in [5, 5.41) is 14.9. The van der Waals surface area contributed by atoms with Gasteiger partial charge in [0.05, 0.1) is 6.61 Å². The van der Waals surface area contributed by atoms with Crippen LogP contribution in [0.3, 0.4) is 0 Å². The SMILES string of the molecule is Cc1ccc(OCCCNc2c(C(C)C)cccc2C(C)C)c(-c2cc(C)cc(C(=O)OCc3ccccc3)c2O)c1. The van der Waals surface area contributed by atoms with Gasteiger partial charge in [0.25, 0.3) is 0 Å². The van der Waals surface area contributed by atoms with Crippen molar-refractivity contribution in [1.29, 1.82) is 0 Å². The maximum Gasteiger partial charge on any atom is 0.342 e. The Bertz CT molecular complexity index is 1480. The minimum atomic E-state index is -0.565. The molecule has 0 aromatic heterocycles. The van der Waals surface area contributed by atoms with Gasteiger partial charge in [-0.2, -0.15) is 0 Å². The molecule has 0 aliphatic heterocycles. The number of anilines is 1. The van der Waals surface area contributed by atoms with Crippen LogP contribution in [0, 0.1) is 13.8 Å². The maximum absolute atomic E-state index is 13.0. The van der Waals surface area contributed by atoms with Crippen LogP contribution in [-0.2, 0) is 11.3 Å². The molecular weight excluding hydrogens is 522 g/mol. The van der Waals surface area contributed by atoms with Gasteiger partial charge in [-0.05, 0) is 78.6 Å². The third-order valence-corrected chi connectivity index (χ3v) is 7.37. The predicted octanol–water partition coefficient (Wildman–Crippen LogP) is 9.16. The van der Waals surface area contributed by atoms with Crippen molar-refractivity contribution < 1.29 is 19.4 Å². The number of ether oxygens (including phenoxy) is 2. The summed E-state index contributed by atoms with van der Waals surface area (Å²) in [4.78, 5) is 13.0. The normalized spacial score (nSPS) is 11.1. The molecule has 4 aromatic carbocycles. The summed E-state index contributed by atoms with van der Waals surface area (Å²) in [6.07, 6.45) is 0.800. The van der Waals surface area contributed by atoms with Crippen LogP contribution >= 0.6 is 0 Å². The molecule has 220 valence electrons. The number of nitrogens with one attached hydrogen (secondary N) is 1. The first-order valence-electron chi connectivity index (χ1n) is 14.8. The molecule has 2 N–H and O–H groups in total. The number of carbonyl (C=O) groups excluding carboxylic acids is 1. The van der Waals surface area contributed by atoms with Gasteiger partial charge in [-0.3, -0.25) is 0 Å². The largest absolute Gasteiger partial charge is 0.506 e. The number of esters is 1. The molecule has 0 saturated heterocycles. The third kappa shape index (κ3) is 7.52. The molecule has 0 unspecified atom stereocenters. The molecular formula is C37H43NO4. The molecule has 0 atom stereocenters. The molecule has 0 saturated carbocycles. The highest BCUT2D eigenvalue weighted by atomic mass is 16.5. The molecule has 0 aliphatic rings. The van der Waals surface area contributed by atoms with Crippen LogP contribution < -0.4 is 10.1 Å². The van der Waals surface area contributed by atoms with Crippen molar-refractivity contribution in [1.82, 2.24) is 0 Å². The summed E-state index contributed by atoms with van der Waals surface area (Å²) in [5.41, 5.74) is 8.08. The Labute approximate surface area is 250 Å². The van der Waals surface area contributed by atoms with Gasteiger partial charge < -0.3 is 19.9 Å². The minimum absolute atomic E-state index is 0.109. The Morgan fingerprint density at radius 1 is 0.810 bits per heavy atom. The van der Waals surface area contributed by atoms with Crippen molar-refractivity contribution in [2.45, 2.75) is 66.4 Å². The fourth-order valence-electron chi connectivity index (χ4n) is 5.14. The molecule has 0 bridgehead atoms. The highest BCUT2D eigenvalue weighted by molar-refractivity contribution is 5.96. The second-order valence-corrected chi connectivity index (χ2v) is 11.5. The predicted molar refractivity (Wildman–Crippen MR) is 172 cm³/mol. The fraction of sp³-hybridized carbons (Fsp3) is 0.324. The first-order valence-corrected chi connectivity index (χ1v) is 14.8. The Kier molecular flexibility index (Phi) is 10.3. The van der Waals surface area contributed by atoms with Crippen LogP contribution in [0.1, 0.15) is 84.1 Å². The molecule has 0 amide bonds. The lowest BCUT2D eigenvalue weighted by atomic mass is 9.92. The summed E-state index contributed by atoms with van der Waals surface area (Å²) in [7, 11) is 0. The molecule has 42 heavy (non-hydrogen) atoms. The molecule has 0 radical (unpaired) electrons. The van der Waals surface area contributed by atoms with Gasteiger partial charge in [0, 0.05) is 23.4 Å². The van der Waals surface area contributed by atoms with Crippen LogP contribution in [0.15, 0.2) is 78.9 Å². The van der Waals surface area contributed by atoms with Crippen molar-refractivity contribution in [3.05, 3.63) is 112 Å². The quantitative estimate of drug-likeness (QED) is 0.132. The van der Waals surface area contributed by atoms with Crippen molar-refractivity contribution in [3.63, 3.8) is 0 Å². The number of rotatable bonds is 12. The Balaban J connectivity index is 1.48. The van der Waals surface area contributed by atoms with E-state index in [9.17, 15) is 9.90 Å². The Morgan fingerprint density at radius 3 is 2.14 bits per heavy atom. The van der Waals surface area contributed by atoms with E-state index in [1.165, 1.54) is 16.8 Å². The highest BCUT2D eigenvalue weighted by Crippen LogP contribution is 2.40. The lowest BCUT2D eigenvalue weighted by Crippen LogP contribution is -2.12. The van der Waals surface area contributed by atoms with Crippen molar-refractivity contribution in [2.24, 2.45) is 0 Å². The van der Waals surface area contributed by atoms with Gasteiger partial charge in [0.2, 0.25) is 0 Å². The summed E-state index contributed by atoms with van der Waals surface area (Å²) >= 11 is 0. The summed E-state index contributed by atoms with van der Waals surface area (Å²) in [5.74, 6) is 0.850. The monoisotopic (exact) mass is 565 g/mol. The van der Waals surface area contributed by atoms with E-state index in [4.69, 9.17) is 9.47 Å². The van der Waals surface area contributed by atoms with Gasteiger partial charge in [0.15, 0.2) is 0 Å². The van der Waals surface area contributed by atoms with Crippen LogP contribution in [0.25, 0.3) is 11.1 Å². The number of hydrogen-bond acceptors (Lipinski definition) is 5. The van der Waals surface area contributed by atoms with Crippen molar-refractivity contribution >= 4 is 11.7 Å². The van der Waals surface area contributed by atoms with E-state index in [0.29, 0.717) is 29.8 Å². The number of benzene rings is 4. The average Bonchev–Trinajstić information content (AvgIpc) is 2.97. The van der Waals surface area contributed by atoms with E-state index in [1.54, 1.807) is 6.07 Å². The first kappa shape index (κ1) is 30.7. The van der Waals surface area contributed by atoms with E-state index < -0.39 is 5.97 Å². The second kappa shape index (κ2) is 14.1. The maximum atomic E-state index is 13.0. The topological polar surface area (TPSA) is 67.8 Å². The molecule has 5 heteroatoms. The van der Waals surface area contributed by atoms with Crippen molar-refractivity contribution in [2.75, 3.05) is 18.5 Å². The van der Waals surface area contributed by atoms with Crippen LogP contribution in [0.5, 0.6) is 11.5 Å². The summed E-state index contributed by atoms with van der Waals surface area (Å²) < 4.78 is 11.8. The van der Waals surface area contributed by atoms with Crippen LogP contribution in [0.4, 0.5) is 5.69 Å². The van der Waals surface area contributed by atoms with Gasteiger partial charge >= 0.3 is 5.97 Å². The fourth-order valence-corrected chi connectivity index (χ4v) is 5.14. The number of phenols is 1. The molecule has 0 aliphatic carbocycles. The second-order valence-electron chi connectivity index (χ2n) is 11.5. The zero-order valence-electron chi connectivity index (χ0n) is 25.7. The lowest BCUT2D eigenvalue weighted by molar-refractivity contribution is 0.0469. The van der Waals surface area contributed by atoms with Gasteiger partial charge in [-0.25, -0.2) is 4.79 Å². The number of phenolic OH excluding ortho intramolecular Hbond substituents is 1. The summed E-state index contributed by atoms with van der Waals surface area (Å²) in [6.45, 7) is 14.2. The van der Waals surface area contributed by atoms with E-state index in [-0.39, 0.29) is 17.9 Å². The molecule has 5 nitrogen and oxygen atoms in total. The van der Waals surface area contributed by atoms with Crippen LogP contribution in [-0.4, -0.2) is 24.2 Å². The lowest BCUT2D eigenvalue weighted by Gasteiger charge is -2.21. The molecule has 4 rings (SSSR count). The standard InChI is InChI=1S/C37H43NO4/c1-24(2)29-14-10-15-30(25(3)4)35(29)38-18-11-19-41-34-17-16-26(5)20-31(34)32-21-27(6)22-33(36(32)39)37(40)42-23-28-12-8-7-9-13-28/h7-10,12-17,20-22,24-25,38-39H,11,18-19,23H2,1-6H3. The van der Waals surface area contributed by atoms with E-state index >= 15 is 0 Å². The number of aryl methyl sites for hydroxylation is 2. The molecule has 0 heterocycles. The van der Waals surface area contributed by atoms with E-state index in [0.717, 1.165) is 35.2 Å². The zero-order valence-corrected chi connectivity index (χ0v) is 25.7. The van der Waals surface area contributed by atoms with Gasteiger partial charge in [-0.1, -0.05) is 87.9 Å². The molecule has 0 fully saturated rings. The number of carbonyl (C=O) groups is 1. The summed E-state index contributed by atoms with van der Waals surface area (Å²) in [6, 6.07) is 25.5. The van der Waals surface area contributed by atoms with Gasteiger partial charge in [0.1, 0.15) is 23.7 Å². The minimum Gasteiger partial charge on any atom is -0.506 e. The van der Waals surface area contributed by atoms with E-state index in [1.807, 2.05) is 68.4 Å². The van der Waals surface area contributed by atoms with Gasteiger partial charge in [-0.15, -0.1) is 0 Å². The smallest absolute Gasteiger partial charge is 0.342 e. The molecule has 0 spiro atoms.